The van der Waals surface area contributed by atoms with Crippen molar-refractivity contribution in [3.63, 3.8) is 0 Å². The molecular weight excluding hydrogens is 406 g/mol. The van der Waals surface area contributed by atoms with Crippen molar-refractivity contribution in [1.29, 1.82) is 0 Å². The summed E-state index contributed by atoms with van der Waals surface area (Å²) in [5.74, 6) is 0.230. The molecule has 3 aliphatic rings. The third-order valence-corrected chi connectivity index (χ3v) is 8.54. The molecule has 1 atom stereocenters. The van der Waals surface area contributed by atoms with Crippen molar-refractivity contribution in [2.24, 2.45) is 0 Å². The normalized spacial score (nSPS) is 25.5. The predicted octanol–water partition coefficient (Wildman–Crippen LogP) is 1.50. The number of urea groups is 1. The van der Waals surface area contributed by atoms with Gasteiger partial charge in [-0.05, 0) is 40.2 Å². The van der Waals surface area contributed by atoms with Crippen LogP contribution in [0, 0.1) is 13.8 Å². The number of carbonyl (C=O) groups is 2. The first-order valence-electron chi connectivity index (χ1n) is 10.7. The van der Waals surface area contributed by atoms with Crippen LogP contribution < -0.4 is 5.32 Å². The molecule has 30 heavy (non-hydrogen) atoms. The molecule has 4 rings (SSSR count). The Hall–Kier alpha value is -1.94. The molecule has 166 valence electrons. The number of nitrogens with one attached hydrogen (secondary N) is 1. The zero-order valence-electron chi connectivity index (χ0n) is 18.0. The molecular formula is C20H31N5O4S. The minimum absolute atomic E-state index is 0.112. The zero-order valence-corrected chi connectivity index (χ0v) is 18.8. The summed E-state index contributed by atoms with van der Waals surface area (Å²) in [6, 6.07) is -0.432. The first kappa shape index (κ1) is 21.3. The van der Waals surface area contributed by atoms with Gasteiger partial charge in [0.15, 0.2) is 9.84 Å². The number of hydrogen-bond acceptors (Lipinski definition) is 6. The highest BCUT2D eigenvalue weighted by molar-refractivity contribution is 7.91. The number of amides is 3. The van der Waals surface area contributed by atoms with Crippen LogP contribution in [-0.4, -0.2) is 70.7 Å². The van der Waals surface area contributed by atoms with Crippen LogP contribution in [0.1, 0.15) is 61.5 Å². The highest BCUT2D eigenvalue weighted by Gasteiger charge is 2.51. The third kappa shape index (κ3) is 3.75. The molecule has 1 spiro atoms. The van der Waals surface area contributed by atoms with E-state index in [9.17, 15) is 18.0 Å². The number of hydrogen-bond donors (Lipinski definition) is 1. The molecule has 3 heterocycles. The van der Waals surface area contributed by atoms with Crippen molar-refractivity contribution in [2.45, 2.75) is 70.5 Å². The molecule has 0 aromatic carbocycles. The Morgan fingerprint density at radius 3 is 2.53 bits per heavy atom. The molecule has 1 aromatic rings. The SMILES string of the molecule is Cc1nn([C@@H]2CCS(=O)(=O)C2)c(C)c1CN(C)CN1C(=O)NC2(CCCCC2)C1=O. The Labute approximate surface area is 177 Å². The minimum Gasteiger partial charge on any atom is -0.323 e. The second kappa shape index (κ2) is 7.64. The van der Waals surface area contributed by atoms with E-state index in [4.69, 9.17) is 0 Å². The van der Waals surface area contributed by atoms with Crippen LogP contribution in [0.4, 0.5) is 4.79 Å². The van der Waals surface area contributed by atoms with Crippen LogP contribution in [0.5, 0.6) is 0 Å². The maximum Gasteiger partial charge on any atom is 0.326 e. The van der Waals surface area contributed by atoms with Crippen molar-refractivity contribution in [2.75, 3.05) is 25.2 Å². The zero-order chi connectivity index (χ0) is 21.7. The smallest absolute Gasteiger partial charge is 0.323 e. The Bertz CT molecular complexity index is 964. The molecule has 1 aromatic heterocycles. The molecule has 1 saturated carbocycles. The molecule has 3 fully saturated rings. The van der Waals surface area contributed by atoms with E-state index in [2.05, 4.69) is 10.4 Å². The number of sulfone groups is 1. The van der Waals surface area contributed by atoms with Crippen LogP contribution in [0.2, 0.25) is 0 Å². The monoisotopic (exact) mass is 437 g/mol. The van der Waals surface area contributed by atoms with E-state index in [1.54, 1.807) is 0 Å². The molecule has 10 heteroatoms. The van der Waals surface area contributed by atoms with E-state index in [1.807, 2.05) is 30.5 Å². The summed E-state index contributed by atoms with van der Waals surface area (Å²) in [5.41, 5.74) is 2.11. The summed E-state index contributed by atoms with van der Waals surface area (Å²) < 4.78 is 25.5. The first-order chi connectivity index (χ1) is 14.1. The number of nitrogens with zero attached hydrogens (tertiary/aromatic N) is 4. The average molecular weight is 438 g/mol. The number of imide groups is 1. The quantitative estimate of drug-likeness (QED) is 0.700. The number of aryl methyl sites for hydroxylation is 1. The molecule has 2 saturated heterocycles. The predicted molar refractivity (Wildman–Crippen MR) is 112 cm³/mol. The van der Waals surface area contributed by atoms with Gasteiger partial charge in [0.05, 0.1) is 29.9 Å². The van der Waals surface area contributed by atoms with Gasteiger partial charge in [0.25, 0.3) is 5.91 Å². The van der Waals surface area contributed by atoms with Crippen molar-refractivity contribution >= 4 is 21.8 Å². The second-order valence-corrected chi connectivity index (χ2v) is 11.3. The highest BCUT2D eigenvalue weighted by atomic mass is 32.2. The van der Waals surface area contributed by atoms with Crippen molar-refractivity contribution in [3.8, 4) is 0 Å². The maximum absolute atomic E-state index is 13.0. The second-order valence-electron chi connectivity index (χ2n) is 9.11. The summed E-state index contributed by atoms with van der Waals surface area (Å²) in [6.45, 7) is 4.62. The topological polar surface area (TPSA) is 105 Å². The Kier molecular flexibility index (Phi) is 5.42. The van der Waals surface area contributed by atoms with Gasteiger partial charge < -0.3 is 5.32 Å². The average Bonchev–Trinajstić information content (AvgIpc) is 3.26. The Morgan fingerprint density at radius 2 is 1.90 bits per heavy atom. The molecule has 0 bridgehead atoms. The third-order valence-electron chi connectivity index (χ3n) is 6.79. The molecule has 0 radical (unpaired) electrons. The van der Waals surface area contributed by atoms with E-state index in [0.29, 0.717) is 25.8 Å². The van der Waals surface area contributed by atoms with Crippen LogP contribution >= 0.6 is 0 Å². The lowest BCUT2D eigenvalue weighted by atomic mass is 9.82. The fourth-order valence-corrected chi connectivity index (χ4v) is 6.80. The van der Waals surface area contributed by atoms with Gasteiger partial charge in [-0.1, -0.05) is 19.3 Å². The summed E-state index contributed by atoms with van der Waals surface area (Å²) in [6.07, 6.45) is 5.05. The lowest BCUT2D eigenvalue weighted by molar-refractivity contribution is -0.133. The lowest BCUT2D eigenvalue weighted by Crippen LogP contribution is -2.48. The van der Waals surface area contributed by atoms with E-state index < -0.39 is 15.4 Å². The number of rotatable bonds is 5. The van der Waals surface area contributed by atoms with E-state index in [0.717, 1.165) is 36.2 Å². The summed E-state index contributed by atoms with van der Waals surface area (Å²) in [7, 11) is -1.11. The molecule has 9 nitrogen and oxygen atoms in total. The molecule has 3 amide bonds. The first-order valence-corrected chi connectivity index (χ1v) is 12.5. The molecule has 1 N–H and O–H groups in total. The highest BCUT2D eigenvalue weighted by Crippen LogP contribution is 2.34. The van der Waals surface area contributed by atoms with Gasteiger partial charge in [0.2, 0.25) is 0 Å². The van der Waals surface area contributed by atoms with Crippen LogP contribution in [-0.2, 0) is 21.2 Å². The number of aromatic nitrogens is 2. The summed E-state index contributed by atoms with van der Waals surface area (Å²) in [5, 5.41) is 7.55. The fraction of sp³-hybridized carbons (Fsp3) is 0.750. The lowest BCUT2D eigenvalue weighted by Gasteiger charge is -2.31. The van der Waals surface area contributed by atoms with Crippen LogP contribution in [0.3, 0.4) is 0 Å². The summed E-state index contributed by atoms with van der Waals surface area (Å²) >= 11 is 0. The van der Waals surface area contributed by atoms with Crippen LogP contribution in [0.25, 0.3) is 0 Å². The minimum atomic E-state index is -2.99. The van der Waals surface area contributed by atoms with E-state index >= 15 is 0 Å². The van der Waals surface area contributed by atoms with Gasteiger partial charge in [0.1, 0.15) is 5.54 Å². The van der Waals surface area contributed by atoms with Gasteiger partial charge in [0, 0.05) is 17.8 Å². The maximum atomic E-state index is 13.0. The van der Waals surface area contributed by atoms with Gasteiger partial charge in [-0.3, -0.25) is 14.4 Å². The van der Waals surface area contributed by atoms with E-state index in [-0.39, 0.29) is 36.2 Å². The Morgan fingerprint density at radius 1 is 1.20 bits per heavy atom. The van der Waals surface area contributed by atoms with E-state index in [1.165, 1.54) is 4.90 Å². The van der Waals surface area contributed by atoms with Crippen molar-refractivity contribution in [1.82, 2.24) is 24.9 Å². The van der Waals surface area contributed by atoms with Crippen molar-refractivity contribution < 1.29 is 18.0 Å². The summed E-state index contributed by atoms with van der Waals surface area (Å²) in [4.78, 5) is 28.8. The largest absolute Gasteiger partial charge is 0.326 e. The molecule has 1 aliphatic carbocycles. The van der Waals surface area contributed by atoms with Gasteiger partial charge in [-0.15, -0.1) is 0 Å². The Balaban J connectivity index is 1.45. The molecule has 2 aliphatic heterocycles. The number of carbonyl (C=O) groups excluding carboxylic acids is 2. The standard InChI is InChI=1S/C20H31N5O4S/c1-14-17(15(2)25(22-14)16-7-10-30(28,29)12-16)11-23(3)13-24-18(26)20(21-19(24)27)8-5-4-6-9-20/h16H,4-13H2,1-3H3,(H,21,27)/t16-/m1/s1. The molecule has 0 unspecified atom stereocenters. The van der Waals surface area contributed by atoms with Crippen molar-refractivity contribution in [3.05, 3.63) is 17.0 Å². The van der Waals surface area contributed by atoms with Gasteiger partial charge in [-0.2, -0.15) is 5.10 Å². The van der Waals surface area contributed by atoms with Crippen LogP contribution in [0.15, 0.2) is 0 Å². The fourth-order valence-electron chi connectivity index (χ4n) is 5.11. The van der Waals surface area contributed by atoms with Gasteiger partial charge in [-0.25, -0.2) is 18.1 Å². The van der Waals surface area contributed by atoms with Gasteiger partial charge >= 0.3 is 6.03 Å².